The number of aromatic nitrogens is 3. The zero-order valence-electron chi connectivity index (χ0n) is 9.14. The number of hydrogen-bond donors (Lipinski definition) is 2. The molecule has 1 atom stereocenters. The van der Waals surface area contributed by atoms with E-state index in [1.165, 1.54) is 12.3 Å². The topological polar surface area (TPSA) is 70.9 Å². The van der Waals surface area contributed by atoms with Gasteiger partial charge in [0.1, 0.15) is 11.9 Å². The van der Waals surface area contributed by atoms with Crippen LogP contribution in [0, 0.1) is 6.92 Å². The van der Waals surface area contributed by atoms with Gasteiger partial charge in [0, 0.05) is 37.4 Å². The molecule has 0 aromatic carbocycles. The van der Waals surface area contributed by atoms with Crippen molar-refractivity contribution in [2.75, 3.05) is 0 Å². The van der Waals surface area contributed by atoms with E-state index in [1.54, 1.807) is 30.9 Å². The van der Waals surface area contributed by atoms with Gasteiger partial charge in [-0.1, -0.05) is 0 Å². The molecule has 0 spiro atoms. The van der Waals surface area contributed by atoms with Crippen molar-refractivity contribution in [3.63, 3.8) is 0 Å². The van der Waals surface area contributed by atoms with Crippen molar-refractivity contribution in [3.05, 3.63) is 52.0 Å². The number of H-pyrrole nitrogens is 1. The predicted octanol–water partition coefficient (Wildman–Crippen LogP) is 0.499. The minimum absolute atomic E-state index is 0.188. The van der Waals surface area contributed by atoms with Gasteiger partial charge in [-0.05, 0) is 6.92 Å². The smallest absolute Gasteiger partial charge is 0.188 e. The Morgan fingerprint density at radius 2 is 2.31 bits per heavy atom. The molecule has 5 nitrogen and oxygen atoms in total. The second-order valence-corrected chi connectivity index (χ2v) is 3.73. The number of aliphatic hydroxyl groups is 1. The summed E-state index contributed by atoms with van der Waals surface area (Å²) in [6, 6.07) is 1.46. The molecule has 0 aliphatic carbocycles. The molecule has 2 N–H and O–H groups in total. The molecule has 0 radical (unpaired) electrons. The van der Waals surface area contributed by atoms with Crippen LogP contribution in [-0.2, 0) is 7.05 Å². The fraction of sp³-hybridized carbons (Fsp3) is 0.273. The Morgan fingerprint density at radius 1 is 1.56 bits per heavy atom. The second-order valence-electron chi connectivity index (χ2n) is 3.73. The summed E-state index contributed by atoms with van der Waals surface area (Å²) >= 11 is 0. The standard InChI is InChI=1S/C11H13N3O2/c1-7-5-9(15)8(6-13-7)10(16)11-12-3-4-14(11)2/h3-6,10,16H,1-2H3,(H,13,15). The van der Waals surface area contributed by atoms with Gasteiger partial charge in [0.2, 0.25) is 0 Å². The van der Waals surface area contributed by atoms with Gasteiger partial charge < -0.3 is 14.7 Å². The lowest BCUT2D eigenvalue weighted by Gasteiger charge is -2.10. The van der Waals surface area contributed by atoms with Crippen LogP contribution >= 0.6 is 0 Å². The molecule has 0 saturated carbocycles. The van der Waals surface area contributed by atoms with Gasteiger partial charge in [0.25, 0.3) is 0 Å². The fourth-order valence-electron chi connectivity index (χ4n) is 1.58. The number of aromatic amines is 1. The Morgan fingerprint density at radius 3 is 2.88 bits per heavy atom. The van der Waals surface area contributed by atoms with Gasteiger partial charge in [-0.2, -0.15) is 0 Å². The van der Waals surface area contributed by atoms with E-state index in [4.69, 9.17) is 0 Å². The lowest BCUT2D eigenvalue weighted by Crippen LogP contribution is -2.17. The van der Waals surface area contributed by atoms with Crippen LogP contribution in [-0.4, -0.2) is 19.6 Å². The highest BCUT2D eigenvalue weighted by Gasteiger charge is 2.17. The van der Waals surface area contributed by atoms with Gasteiger partial charge in [-0.15, -0.1) is 0 Å². The third-order valence-electron chi connectivity index (χ3n) is 2.49. The largest absolute Gasteiger partial charge is 0.380 e. The van der Waals surface area contributed by atoms with Gasteiger partial charge in [0.05, 0.1) is 5.56 Å². The second kappa shape index (κ2) is 3.94. The number of hydrogen-bond acceptors (Lipinski definition) is 3. The molecule has 0 fully saturated rings. The summed E-state index contributed by atoms with van der Waals surface area (Å²) in [4.78, 5) is 18.6. The molecule has 0 amide bonds. The van der Waals surface area contributed by atoms with Crippen LogP contribution < -0.4 is 5.43 Å². The minimum Gasteiger partial charge on any atom is -0.380 e. The van der Waals surface area contributed by atoms with Gasteiger partial charge in [-0.25, -0.2) is 4.98 Å². The third kappa shape index (κ3) is 1.77. The van der Waals surface area contributed by atoms with Crippen molar-refractivity contribution in [1.29, 1.82) is 0 Å². The van der Waals surface area contributed by atoms with Gasteiger partial charge >= 0.3 is 0 Å². The zero-order valence-corrected chi connectivity index (χ0v) is 9.14. The van der Waals surface area contributed by atoms with Crippen molar-refractivity contribution in [2.45, 2.75) is 13.0 Å². The van der Waals surface area contributed by atoms with E-state index in [0.29, 0.717) is 11.4 Å². The maximum absolute atomic E-state index is 11.7. The molecule has 1 unspecified atom stereocenters. The van der Waals surface area contributed by atoms with E-state index < -0.39 is 6.10 Å². The maximum Gasteiger partial charge on any atom is 0.188 e. The molecule has 0 saturated heterocycles. The average molecular weight is 219 g/mol. The molecule has 2 heterocycles. The first-order valence-corrected chi connectivity index (χ1v) is 4.94. The average Bonchev–Trinajstić information content (AvgIpc) is 2.63. The highest BCUT2D eigenvalue weighted by molar-refractivity contribution is 5.21. The number of pyridine rings is 1. The van der Waals surface area contributed by atoms with Gasteiger partial charge in [0.15, 0.2) is 5.43 Å². The van der Waals surface area contributed by atoms with E-state index in [-0.39, 0.29) is 5.43 Å². The van der Waals surface area contributed by atoms with Crippen LogP contribution in [0.15, 0.2) is 29.5 Å². The first kappa shape index (κ1) is 10.6. The number of nitrogens with one attached hydrogen (secondary N) is 1. The zero-order chi connectivity index (χ0) is 11.7. The van der Waals surface area contributed by atoms with Crippen LogP contribution in [0.25, 0.3) is 0 Å². The molecule has 0 aliphatic heterocycles. The summed E-state index contributed by atoms with van der Waals surface area (Å²) in [5, 5.41) is 10.0. The Labute approximate surface area is 92.4 Å². The normalized spacial score (nSPS) is 12.7. The van der Waals surface area contributed by atoms with Crippen LogP contribution in [0.4, 0.5) is 0 Å². The monoisotopic (exact) mass is 219 g/mol. The fourth-order valence-corrected chi connectivity index (χ4v) is 1.58. The summed E-state index contributed by atoms with van der Waals surface area (Å²) < 4.78 is 1.68. The summed E-state index contributed by atoms with van der Waals surface area (Å²) in [6.45, 7) is 1.79. The summed E-state index contributed by atoms with van der Waals surface area (Å²) in [5.74, 6) is 0.453. The number of nitrogens with zero attached hydrogens (tertiary/aromatic N) is 2. The molecular formula is C11H13N3O2. The van der Waals surface area contributed by atoms with E-state index in [9.17, 15) is 9.90 Å². The first-order valence-electron chi connectivity index (χ1n) is 4.94. The van der Waals surface area contributed by atoms with Crippen molar-refractivity contribution >= 4 is 0 Å². The highest BCUT2D eigenvalue weighted by Crippen LogP contribution is 2.15. The molecule has 5 heteroatoms. The van der Waals surface area contributed by atoms with Crippen LogP contribution in [0.1, 0.15) is 23.2 Å². The summed E-state index contributed by atoms with van der Waals surface area (Å²) in [6.07, 6.45) is 3.84. The Bertz CT molecular complexity index is 556. The number of imidazole rings is 1. The Kier molecular flexibility index (Phi) is 2.62. The van der Waals surface area contributed by atoms with E-state index >= 15 is 0 Å². The molecule has 0 aliphatic rings. The van der Waals surface area contributed by atoms with Crippen molar-refractivity contribution < 1.29 is 5.11 Å². The number of aryl methyl sites for hydroxylation is 2. The van der Waals surface area contributed by atoms with E-state index in [1.807, 2.05) is 0 Å². The molecule has 84 valence electrons. The summed E-state index contributed by atoms with van der Waals surface area (Å²) in [7, 11) is 1.77. The molecular weight excluding hydrogens is 206 g/mol. The minimum atomic E-state index is -0.996. The first-order chi connectivity index (χ1) is 7.59. The molecule has 2 aromatic heterocycles. The molecule has 2 aromatic rings. The highest BCUT2D eigenvalue weighted by atomic mass is 16.3. The van der Waals surface area contributed by atoms with Crippen molar-refractivity contribution in [1.82, 2.24) is 14.5 Å². The molecule has 0 bridgehead atoms. The quantitative estimate of drug-likeness (QED) is 0.772. The number of aliphatic hydroxyl groups excluding tert-OH is 1. The van der Waals surface area contributed by atoms with Crippen LogP contribution in [0.2, 0.25) is 0 Å². The SMILES string of the molecule is Cc1cc(=O)c(C(O)c2nccn2C)c[nH]1. The molecule has 2 rings (SSSR count). The van der Waals surface area contributed by atoms with Crippen LogP contribution in [0.5, 0.6) is 0 Å². The third-order valence-corrected chi connectivity index (χ3v) is 2.49. The van der Waals surface area contributed by atoms with E-state index in [0.717, 1.165) is 5.69 Å². The molecule has 16 heavy (non-hydrogen) atoms. The number of rotatable bonds is 2. The summed E-state index contributed by atoms with van der Waals surface area (Å²) in [5.41, 5.74) is 0.882. The van der Waals surface area contributed by atoms with Crippen LogP contribution in [0.3, 0.4) is 0 Å². The Hall–Kier alpha value is -1.88. The van der Waals surface area contributed by atoms with Crippen molar-refractivity contribution in [3.8, 4) is 0 Å². The lowest BCUT2D eigenvalue weighted by atomic mass is 10.1. The Balaban J connectivity index is 2.46. The van der Waals surface area contributed by atoms with Gasteiger partial charge in [-0.3, -0.25) is 4.79 Å². The predicted molar refractivity (Wildman–Crippen MR) is 59.1 cm³/mol. The maximum atomic E-state index is 11.7. The lowest BCUT2D eigenvalue weighted by molar-refractivity contribution is 0.204. The van der Waals surface area contributed by atoms with E-state index in [2.05, 4.69) is 9.97 Å². The van der Waals surface area contributed by atoms with Crippen molar-refractivity contribution in [2.24, 2.45) is 7.05 Å².